The van der Waals surface area contributed by atoms with Crippen molar-refractivity contribution < 1.29 is 18.9 Å². The zero-order chi connectivity index (χ0) is 22.5. The molecule has 0 fully saturated rings. The van der Waals surface area contributed by atoms with Crippen LogP contribution in [-0.4, -0.2) is 13.4 Å². The Labute approximate surface area is 205 Å². The van der Waals surface area contributed by atoms with Crippen molar-refractivity contribution >= 4 is 45.8 Å². The van der Waals surface area contributed by atoms with Crippen LogP contribution in [0, 0.1) is 14.9 Å². The predicted octanol–water partition coefficient (Wildman–Crippen LogP) is 6.72. The molecule has 0 radical (unpaired) electrons. The van der Waals surface area contributed by atoms with Crippen LogP contribution in [-0.2, 0) is 6.61 Å². The summed E-state index contributed by atoms with van der Waals surface area (Å²) in [5.74, 6) is 2.57. The van der Waals surface area contributed by atoms with Gasteiger partial charge in [-0.1, -0.05) is 29.8 Å². The molecular weight excluding hydrogens is 541 g/mol. The summed E-state index contributed by atoms with van der Waals surface area (Å²) in [4.78, 5) is 0. The van der Waals surface area contributed by atoms with E-state index in [1.165, 1.54) is 0 Å². The molecule has 3 aromatic rings. The average molecular weight is 560 g/mol. The lowest BCUT2D eigenvalue weighted by Gasteiger charge is -2.15. The normalized spacial score (nSPS) is 12.4. The van der Waals surface area contributed by atoms with Crippen LogP contribution in [0.1, 0.15) is 23.6 Å². The molecule has 0 N–H and O–H groups in total. The fourth-order valence-corrected chi connectivity index (χ4v) is 4.22. The van der Waals surface area contributed by atoms with Crippen molar-refractivity contribution in [2.75, 3.05) is 13.4 Å². The van der Waals surface area contributed by atoms with Crippen LogP contribution in [0.3, 0.4) is 0 Å². The summed E-state index contributed by atoms with van der Waals surface area (Å²) in [7, 11) is 0. The number of allylic oxidation sites excluding steroid dienone is 1. The van der Waals surface area contributed by atoms with E-state index >= 15 is 0 Å². The monoisotopic (exact) mass is 559 g/mol. The topological polar surface area (TPSA) is 60.7 Å². The van der Waals surface area contributed by atoms with Crippen LogP contribution in [0.2, 0.25) is 5.02 Å². The molecule has 4 rings (SSSR count). The first-order chi connectivity index (χ1) is 15.6. The van der Waals surface area contributed by atoms with E-state index in [4.69, 9.17) is 30.5 Å². The van der Waals surface area contributed by atoms with Crippen molar-refractivity contribution in [3.8, 4) is 29.1 Å². The Morgan fingerprint density at radius 2 is 1.94 bits per heavy atom. The summed E-state index contributed by atoms with van der Waals surface area (Å²) in [6.07, 6.45) is 1.82. The van der Waals surface area contributed by atoms with Crippen LogP contribution in [0.15, 0.2) is 54.6 Å². The number of fused-ring (bicyclic) bond motifs is 1. The third kappa shape index (κ3) is 4.95. The highest BCUT2D eigenvalue weighted by Gasteiger charge is 2.16. The Bertz CT molecular complexity index is 1220. The van der Waals surface area contributed by atoms with E-state index in [0.717, 1.165) is 20.3 Å². The maximum atomic E-state index is 9.76. The standard InChI is InChI=1S/C25H19ClINO4/c1-2-29-24-11-16(9-19(13-28)17-7-8-22-23(12-17)32-15-31-22)10-21(27)25(24)30-14-18-5-3-4-6-20(18)26/h3-12H,2,14-15H2,1H3/b19-9-. The smallest absolute Gasteiger partial charge is 0.231 e. The molecule has 0 bridgehead atoms. The second-order valence-electron chi connectivity index (χ2n) is 6.88. The number of halogens is 2. The van der Waals surface area contributed by atoms with Crippen LogP contribution >= 0.6 is 34.2 Å². The predicted molar refractivity (Wildman–Crippen MR) is 132 cm³/mol. The van der Waals surface area contributed by atoms with Gasteiger partial charge in [-0.05, 0) is 83.1 Å². The molecule has 32 heavy (non-hydrogen) atoms. The summed E-state index contributed by atoms with van der Waals surface area (Å²) in [5, 5.41) is 10.4. The fourth-order valence-electron chi connectivity index (χ4n) is 3.25. The van der Waals surface area contributed by atoms with E-state index in [1.807, 2.05) is 67.6 Å². The van der Waals surface area contributed by atoms with Crippen molar-refractivity contribution in [1.29, 1.82) is 5.26 Å². The largest absolute Gasteiger partial charge is 0.490 e. The molecular formula is C25H19ClINO4. The van der Waals surface area contributed by atoms with Gasteiger partial charge in [-0.2, -0.15) is 5.26 Å². The van der Waals surface area contributed by atoms with Crippen LogP contribution < -0.4 is 18.9 Å². The molecule has 0 aliphatic carbocycles. The maximum Gasteiger partial charge on any atom is 0.231 e. The maximum absolute atomic E-state index is 9.76. The molecule has 1 aliphatic rings. The first-order valence-electron chi connectivity index (χ1n) is 9.93. The molecule has 1 heterocycles. The highest BCUT2D eigenvalue weighted by molar-refractivity contribution is 14.1. The van der Waals surface area contributed by atoms with Gasteiger partial charge in [0.15, 0.2) is 23.0 Å². The molecule has 0 amide bonds. The lowest BCUT2D eigenvalue weighted by atomic mass is 10.0. The second-order valence-corrected chi connectivity index (χ2v) is 8.45. The molecule has 162 valence electrons. The first kappa shape index (κ1) is 22.3. The minimum absolute atomic E-state index is 0.190. The van der Waals surface area contributed by atoms with Gasteiger partial charge in [0.05, 0.1) is 21.8 Å². The highest BCUT2D eigenvalue weighted by atomic mass is 127. The van der Waals surface area contributed by atoms with Gasteiger partial charge in [0.25, 0.3) is 0 Å². The number of hydrogen-bond donors (Lipinski definition) is 0. The average Bonchev–Trinajstić information content (AvgIpc) is 3.26. The van der Waals surface area contributed by atoms with Crippen molar-refractivity contribution in [3.63, 3.8) is 0 Å². The molecule has 0 atom stereocenters. The lowest BCUT2D eigenvalue weighted by molar-refractivity contribution is 0.174. The van der Waals surface area contributed by atoms with E-state index in [1.54, 1.807) is 0 Å². The van der Waals surface area contributed by atoms with Crippen LogP contribution in [0.5, 0.6) is 23.0 Å². The highest BCUT2D eigenvalue weighted by Crippen LogP contribution is 2.38. The van der Waals surface area contributed by atoms with E-state index in [0.29, 0.717) is 46.8 Å². The SMILES string of the molecule is CCOc1cc(/C=C(/C#N)c2ccc3c(c2)OCO3)cc(I)c1OCc1ccccc1Cl. The summed E-state index contributed by atoms with van der Waals surface area (Å²) in [6.45, 7) is 2.92. The summed E-state index contributed by atoms with van der Waals surface area (Å²) in [5.41, 5.74) is 2.98. The number of hydrogen-bond acceptors (Lipinski definition) is 5. The molecule has 1 aliphatic heterocycles. The summed E-state index contributed by atoms with van der Waals surface area (Å²) in [6, 6.07) is 19.1. The van der Waals surface area contributed by atoms with Crippen molar-refractivity contribution in [2.45, 2.75) is 13.5 Å². The minimum Gasteiger partial charge on any atom is -0.490 e. The number of ether oxygens (including phenoxy) is 4. The van der Waals surface area contributed by atoms with Gasteiger partial charge < -0.3 is 18.9 Å². The fraction of sp³-hybridized carbons (Fsp3) is 0.160. The quantitative estimate of drug-likeness (QED) is 0.183. The van der Waals surface area contributed by atoms with Crippen molar-refractivity contribution in [2.24, 2.45) is 0 Å². The lowest BCUT2D eigenvalue weighted by Crippen LogP contribution is -2.02. The Balaban J connectivity index is 1.64. The van der Waals surface area contributed by atoms with Crippen LogP contribution in [0.4, 0.5) is 0 Å². The minimum atomic E-state index is 0.190. The van der Waals surface area contributed by atoms with Crippen LogP contribution in [0.25, 0.3) is 11.6 Å². The number of nitrogens with zero attached hydrogens (tertiary/aromatic N) is 1. The molecule has 0 aromatic heterocycles. The zero-order valence-corrected chi connectivity index (χ0v) is 20.1. The second kappa shape index (κ2) is 10.2. The summed E-state index contributed by atoms with van der Waals surface area (Å²) < 4.78 is 23.6. The van der Waals surface area contributed by atoms with Gasteiger partial charge in [0.1, 0.15) is 6.61 Å². The van der Waals surface area contributed by atoms with Gasteiger partial charge in [0, 0.05) is 10.6 Å². The molecule has 0 unspecified atom stereocenters. The molecule has 0 saturated heterocycles. The van der Waals surface area contributed by atoms with E-state index in [9.17, 15) is 5.26 Å². The molecule has 3 aromatic carbocycles. The van der Waals surface area contributed by atoms with Gasteiger partial charge >= 0.3 is 0 Å². The Morgan fingerprint density at radius 1 is 1.12 bits per heavy atom. The molecule has 7 heteroatoms. The number of rotatable bonds is 7. The van der Waals surface area contributed by atoms with E-state index in [2.05, 4.69) is 28.7 Å². The Morgan fingerprint density at radius 3 is 2.72 bits per heavy atom. The Hall–Kier alpha value is -2.89. The first-order valence-corrected chi connectivity index (χ1v) is 11.4. The van der Waals surface area contributed by atoms with Gasteiger partial charge in [0.2, 0.25) is 6.79 Å². The number of nitriles is 1. The van der Waals surface area contributed by atoms with E-state index in [-0.39, 0.29) is 6.79 Å². The molecule has 0 saturated carbocycles. The van der Waals surface area contributed by atoms with Gasteiger partial charge in [-0.3, -0.25) is 0 Å². The molecule has 0 spiro atoms. The summed E-state index contributed by atoms with van der Waals surface area (Å²) >= 11 is 8.47. The van der Waals surface area contributed by atoms with Crippen molar-refractivity contribution in [1.82, 2.24) is 0 Å². The van der Waals surface area contributed by atoms with E-state index < -0.39 is 0 Å². The van der Waals surface area contributed by atoms with Crippen molar-refractivity contribution in [3.05, 3.63) is 79.9 Å². The van der Waals surface area contributed by atoms with Gasteiger partial charge in [-0.15, -0.1) is 0 Å². The van der Waals surface area contributed by atoms with Gasteiger partial charge in [-0.25, -0.2) is 0 Å². The number of benzene rings is 3. The Kier molecular flexibility index (Phi) is 7.08. The molecule has 5 nitrogen and oxygen atoms in total. The zero-order valence-electron chi connectivity index (χ0n) is 17.2. The third-order valence-electron chi connectivity index (χ3n) is 4.78. The third-order valence-corrected chi connectivity index (χ3v) is 5.95.